The Morgan fingerprint density at radius 2 is 2.15 bits per heavy atom. The molecule has 0 saturated heterocycles. The molecule has 13 heavy (non-hydrogen) atoms. The number of methoxy groups -OCH3 is 1. The van der Waals surface area contributed by atoms with Crippen molar-refractivity contribution in [2.24, 2.45) is 4.99 Å². The Morgan fingerprint density at radius 1 is 1.46 bits per heavy atom. The predicted molar refractivity (Wildman–Crippen MR) is 61.0 cm³/mol. The molecule has 0 aliphatic rings. The molecule has 1 amide bonds. The number of hydrogen-bond donors (Lipinski definition) is 0. The van der Waals surface area contributed by atoms with Gasteiger partial charge in [0.05, 0.1) is 12.7 Å². The highest BCUT2D eigenvalue weighted by Gasteiger charge is 1.91. The monoisotopic (exact) mass is 221 g/mol. The van der Waals surface area contributed by atoms with E-state index in [1.54, 1.807) is 17.3 Å². The molecule has 0 bridgehead atoms. The lowest BCUT2D eigenvalue weighted by Gasteiger charge is -1.95. The average molecular weight is 221 g/mol. The molecule has 0 fully saturated rings. The maximum Gasteiger partial charge on any atom is 0.433 e. The lowest BCUT2D eigenvalue weighted by Crippen LogP contribution is -1.91. The number of rotatable bonds is 6. The van der Waals surface area contributed by atoms with Crippen molar-refractivity contribution in [1.29, 1.82) is 0 Å². The summed E-state index contributed by atoms with van der Waals surface area (Å²) in [6.45, 7) is 0. The highest BCUT2D eigenvalue weighted by atomic mass is 32.2. The van der Waals surface area contributed by atoms with Crippen LogP contribution in [0, 0.1) is 0 Å². The number of nitrogens with zero attached hydrogens (tertiary/aromatic N) is 1. The lowest BCUT2D eigenvalue weighted by atomic mass is 10.4. The van der Waals surface area contributed by atoms with E-state index in [1.807, 2.05) is 11.8 Å². The third-order valence-corrected chi connectivity index (χ3v) is 2.74. The van der Waals surface area contributed by atoms with Gasteiger partial charge in [0.2, 0.25) is 0 Å². The Balaban J connectivity index is 3.15. The van der Waals surface area contributed by atoms with E-state index < -0.39 is 6.09 Å². The predicted octanol–water partition coefficient (Wildman–Crippen LogP) is 2.66. The Kier molecular flexibility index (Phi) is 9.80. The van der Waals surface area contributed by atoms with Crippen molar-refractivity contribution in [2.75, 3.05) is 24.9 Å². The van der Waals surface area contributed by atoms with Crippen molar-refractivity contribution >= 4 is 35.2 Å². The van der Waals surface area contributed by atoms with E-state index in [0.717, 1.165) is 5.75 Å². The van der Waals surface area contributed by atoms with Crippen LogP contribution in [-0.2, 0) is 4.74 Å². The number of thioether (sulfide) groups is 2. The summed E-state index contributed by atoms with van der Waals surface area (Å²) < 4.78 is 4.34. The number of unbranched alkanes of at least 4 members (excludes halogenated alkanes) is 1. The molecule has 0 heterocycles. The second-order valence-corrected chi connectivity index (χ2v) is 4.21. The molecule has 0 radical (unpaired) electrons. The van der Waals surface area contributed by atoms with E-state index in [2.05, 4.69) is 16.0 Å². The summed E-state index contributed by atoms with van der Waals surface area (Å²) in [5, 5.41) is 0. The van der Waals surface area contributed by atoms with E-state index in [9.17, 15) is 4.79 Å². The van der Waals surface area contributed by atoms with Gasteiger partial charge in [-0.05, 0) is 30.6 Å². The third kappa shape index (κ3) is 9.76. The van der Waals surface area contributed by atoms with Gasteiger partial charge in [0, 0.05) is 0 Å². The van der Waals surface area contributed by atoms with E-state index in [4.69, 9.17) is 0 Å². The molecular weight excluding hydrogens is 206 g/mol. The van der Waals surface area contributed by atoms with Crippen LogP contribution in [0.25, 0.3) is 0 Å². The number of hydrogen-bond acceptors (Lipinski definition) is 4. The van der Waals surface area contributed by atoms with Gasteiger partial charge in [-0.3, -0.25) is 0 Å². The first-order valence-corrected chi connectivity index (χ1v) is 6.46. The first kappa shape index (κ1) is 12.8. The van der Waals surface area contributed by atoms with Crippen molar-refractivity contribution < 1.29 is 9.53 Å². The van der Waals surface area contributed by atoms with E-state index >= 15 is 0 Å². The zero-order valence-electron chi connectivity index (χ0n) is 7.99. The molecule has 76 valence electrons. The molecule has 0 atom stereocenters. The standard InChI is InChI=1S/C8H15NO2S2/c1-11-8(10)9-7-13-6-4-3-5-12-2/h7H,3-6H2,1-2H3. The van der Waals surface area contributed by atoms with Crippen LogP contribution in [0.4, 0.5) is 4.79 Å². The lowest BCUT2D eigenvalue weighted by molar-refractivity contribution is 0.183. The molecule has 0 aromatic heterocycles. The second-order valence-electron chi connectivity index (χ2n) is 2.28. The Labute approximate surface area is 87.7 Å². The van der Waals surface area contributed by atoms with Crippen molar-refractivity contribution in [2.45, 2.75) is 12.8 Å². The van der Waals surface area contributed by atoms with Crippen LogP contribution in [0.1, 0.15) is 12.8 Å². The van der Waals surface area contributed by atoms with Crippen molar-refractivity contribution in [3.63, 3.8) is 0 Å². The number of ether oxygens (including phenoxy) is 1. The highest BCUT2D eigenvalue weighted by molar-refractivity contribution is 8.12. The summed E-state index contributed by atoms with van der Waals surface area (Å²) in [7, 11) is 1.32. The van der Waals surface area contributed by atoms with Gasteiger partial charge < -0.3 is 4.74 Å². The van der Waals surface area contributed by atoms with Crippen molar-refractivity contribution in [3.8, 4) is 0 Å². The quantitative estimate of drug-likeness (QED) is 0.393. The number of aliphatic imine (C=N–C) groups is 1. The van der Waals surface area contributed by atoms with Crippen LogP contribution in [0.5, 0.6) is 0 Å². The summed E-state index contributed by atoms with van der Waals surface area (Å²) >= 11 is 3.40. The number of amides is 1. The molecule has 0 rings (SSSR count). The molecule has 0 unspecified atom stereocenters. The first-order chi connectivity index (χ1) is 6.31. The normalized spacial score (nSPS) is 10.6. The van der Waals surface area contributed by atoms with E-state index in [-0.39, 0.29) is 0 Å². The second kappa shape index (κ2) is 9.92. The van der Waals surface area contributed by atoms with Gasteiger partial charge in [-0.1, -0.05) is 0 Å². The molecule has 0 aliphatic carbocycles. The van der Waals surface area contributed by atoms with E-state index in [1.165, 1.54) is 25.7 Å². The summed E-state index contributed by atoms with van der Waals surface area (Å²) in [6.07, 6.45) is 3.96. The third-order valence-electron chi connectivity index (χ3n) is 1.27. The van der Waals surface area contributed by atoms with Crippen LogP contribution < -0.4 is 0 Å². The maximum atomic E-state index is 10.5. The van der Waals surface area contributed by atoms with Gasteiger partial charge in [0.25, 0.3) is 0 Å². The SMILES string of the molecule is COC(=O)N=CSCCCCSC. The van der Waals surface area contributed by atoms with Crippen molar-refractivity contribution in [3.05, 3.63) is 0 Å². The fraction of sp³-hybridized carbons (Fsp3) is 0.750. The molecular formula is C8H15NO2S2. The van der Waals surface area contributed by atoms with Gasteiger partial charge in [-0.15, -0.1) is 11.8 Å². The number of carbonyl (C=O) groups excluding carboxylic acids is 1. The molecule has 0 aliphatic heterocycles. The number of carbonyl (C=O) groups is 1. The van der Waals surface area contributed by atoms with Crippen LogP contribution in [0.15, 0.2) is 4.99 Å². The summed E-state index contributed by atoms with van der Waals surface area (Å²) in [5.41, 5.74) is 1.55. The van der Waals surface area contributed by atoms with Crippen LogP contribution in [0.2, 0.25) is 0 Å². The maximum absolute atomic E-state index is 10.5. The smallest absolute Gasteiger partial charge is 0.433 e. The van der Waals surface area contributed by atoms with Crippen molar-refractivity contribution in [1.82, 2.24) is 0 Å². The fourth-order valence-electron chi connectivity index (χ4n) is 0.618. The molecule has 5 heteroatoms. The molecule has 0 N–H and O–H groups in total. The molecule has 0 aromatic rings. The van der Waals surface area contributed by atoms with Gasteiger partial charge in [-0.25, -0.2) is 4.79 Å². The highest BCUT2D eigenvalue weighted by Crippen LogP contribution is 2.04. The zero-order chi connectivity index (χ0) is 9.94. The van der Waals surface area contributed by atoms with Gasteiger partial charge >= 0.3 is 6.09 Å². The fourth-order valence-corrected chi connectivity index (χ4v) is 1.75. The summed E-state index contributed by atoms with van der Waals surface area (Å²) in [6, 6.07) is 0. The van der Waals surface area contributed by atoms with Gasteiger partial charge in [0.15, 0.2) is 0 Å². The Hall–Kier alpha value is -0.160. The summed E-state index contributed by atoms with van der Waals surface area (Å²) in [4.78, 5) is 14.0. The van der Waals surface area contributed by atoms with Crippen LogP contribution in [0.3, 0.4) is 0 Å². The minimum absolute atomic E-state index is 0.531. The minimum Gasteiger partial charge on any atom is -0.451 e. The average Bonchev–Trinajstić information content (AvgIpc) is 2.16. The molecule has 0 aromatic carbocycles. The zero-order valence-corrected chi connectivity index (χ0v) is 9.62. The van der Waals surface area contributed by atoms with Gasteiger partial charge in [-0.2, -0.15) is 16.8 Å². The van der Waals surface area contributed by atoms with E-state index in [0.29, 0.717) is 0 Å². The summed E-state index contributed by atoms with van der Waals surface area (Å²) in [5.74, 6) is 2.22. The molecule has 0 saturated carbocycles. The Morgan fingerprint density at radius 3 is 2.77 bits per heavy atom. The van der Waals surface area contributed by atoms with Crippen LogP contribution in [-0.4, -0.2) is 36.5 Å². The van der Waals surface area contributed by atoms with Crippen LogP contribution >= 0.6 is 23.5 Å². The topological polar surface area (TPSA) is 38.7 Å². The Bertz CT molecular complexity index is 162. The first-order valence-electron chi connectivity index (χ1n) is 4.02. The van der Waals surface area contributed by atoms with Gasteiger partial charge in [0.1, 0.15) is 0 Å². The minimum atomic E-state index is -0.531. The largest absolute Gasteiger partial charge is 0.451 e. The molecule has 3 nitrogen and oxygen atoms in total. The molecule has 0 spiro atoms.